The summed E-state index contributed by atoms with van der Waals surface area (Å²) in [5.41, 5.74) is 8.25. The van der Waals surface area contributed by atoms with Crippen LogP contribution < -0.4 is 5.73 Å². The number of halogens is 1. The summed E-state index contributed by atoms with van der Waals surface area (Å²) in [6.07, 6.45) is 0. The molecule has 0 radical (unpaired) electrons. The van der Waals surface area contributed by atoms with Gasteiger partial charge >= 0.3 is 0 Å². The van der Waals surface area contributed by atoms with Gasteiger partial charge in [-0.05, 0) is 29.3 Å². The van der Waals surface area contributed by atoms with Gasteiger partial charge in [0, 0.05) is 27.3 Å². The molecule has 2 rings (SSSR count). The average molecular weight is 280 g/mol. The summed E-state index contributed by atoms with van der Waals surface area (Å²) in [5, 5.41) is 0.616. The van der Waals surface area contributed by atoms with Gasteiger partial charge in [0.15, 0.2) is 0 Å². The van der Waals surface area contributed by atoms with E-state index < -0.39 is 10.8 Å². The number of rotatable bonds is 4. The van der Waals surface area contributed by atoms with E-state index in [4.69, 9.17) is 17.3 Å². The third kappa shape index (κ3) is 3.59. The quantitative estimate of drug-likeness (QED) is 0.872. The lowest BCUT2D eigenvalue weighted by molar-refractivity contribution is 0.682. The van der Waals surface area contributed by atoms with Crippen molar-refractivity contribution in [3.8, 4) is 0 Å². The van der Waals surface area contributed by atoms with Crippen molar-refractivity contribution < 1.29 is 4.21 Å². The van der Waals surface area contributed by atoms with Crippen LogP contribution in [0, 0.1) is 0 Å². The standard InChI is InChI=1S/C14H14ClNOS/c15-14-7-6-13(16)8-12(14)10-18(17)9-11-4-2-1-3-5-11/h1-8H,9-10,16H2. The summed E-state index contributed by atoms with van der Waals surface area (Å²) in [4.78, 5) is 0. The lowest BCUT2D eigenvalue weighted by atomic mass is 10.2. The van der Waals surface area contributed by atoms with Crippen molar-refractivity contribution in [2.24, 2.45) is 0 Å². The van der Waals surface area contributed by atoms with Crippen molar-refractivity contribution in [2.45, 2.75) is 11.5 Å². The molecule has 18 heavy (non-hydrogen) atoms. The van der Waals surface area contributed by atoms with Gasteiger partial charge in [0.25, 0.3) is 0 Å². The van der Waals surface area contributed by atoms with Gasteiger partial charge in [-0.15, -0.1) is 0 Å². The summed E-state index contributed by atoms with van der Waals surface area (Å²) in [6, 6.07) is 15.0. The molecular formula is C14H14ClNOS. The van der Waals surface area contributed by atoms with E-state index in [1.54, 1.807) is 18.2 Å². The topological polar surface area (TPSA) is 43.1 Å². The molecular weight excluding hydrogens is 266 g/mol. The zero-order valence-electron chi connectivity index (χ0n) is 9.80. The number of hydrogen-bond donors (Lipinski definition) is 1. The predicted molar refractivity (Wildman–Crippen MR) is 77.9 cm³/mol. The highest BCUT2D eigenvalue weighted by molar-refractivity contribution is 7.83. The molecule has 2 nitrogen and oxygen atoms in total. The minimum absolute atomic E-state index is 0.429. The first-order chi connectivity index (χ1) is 8.65. The van der Waals surface area contributed by atoms with Crippen LogP contribution in [0.15, 0.2) is 48.5 Å². The van der Waals surface area contributed by atoms with Crippen LogP contribution in [0.3, 0.4) is 0 Å². The molecule has 94 valence electrons. The molecule has 2 aromatic rings. The summed E-state index contributed by atoms with van der Waals surface area (Å²) in [6.45, 7) is 0. The zero-order valence-corrected chi connectivity index (χ0v) is 11.4. The summed E-state index contributed by atoms with van der Waals surface area (Å²) >= 11 is 6.05. The lowest BCUT2D eigenvalue weighted by Gasteiger charge is -2.06. The Hall–Kier alpha value is -1.32. The predicted octanol–water partition coefficient (Wildman–Crippen LogP) is 3.37. The first-order valence-corrected chi connectivity index (χ1v) is 7.44. The normalized spacial score (nSPS) is 12.3. The van der Waals surface area contributed by atoms with E-state index in [-0.39, 0.29) is 0 Å². The molecule has 0 aromatic heterocycles. The van der Waals surface area contributed by atoms with Crippen molar-refractivity contribution in [2.75, 3.05) is 5.73 Å². The van der Waals surface area contributed by atoms with Gasteiger partial charge in [-0.3, -0.25) is 4.21 Å². The first kappa shape index (κ1) is 13.1. The largest absolute Gasteiger partial charge is 0.399 e. The Balaban J connectivity index is 2.05. The second-order valence-corrected chi connectivity index (χ2v) is 5.93. The number of nitrogens with two attached hydrogens (primary N) is 1. The molecule has 0 heterocycles. The van der Waals surface area contributed by atoms with Gasteiger partial charge in [0.2, 0.25) is 0 Å². The van der Waals surface area contributed by atoms with Crippen molar-refractivity contribution in [1.29, 1.82) is 0 Å². The molecule has 0 spiro atoms. The Bertz CT molecular complexity index is 557. The molecule has 0 amide bonds. The van der Waals surface area contributed by atoms with Gasteiger partial charge in [-0.2, -0.15) is 0 Å². The van der Waals surface area contributed by atoms with Gasteiger partial charge in [-0.1, -0.05) is 41.9 Å². The zero-order chi connectivity index (χ0) is 13.0. The summed E-state index contributed by atoms with van der Waals surface area (Å²) < 4.78 is 12.1. The van der Waals surface area contributed by atoms with E-state index in [1.165, 1.54) is 0 Å². The maximum absolute atomic E-state index is 12.1. The molecule has 2 aromatic carbocycles. The maximum atomic E-state index is 12.1. The van der Waals surface area contributed by atoms with Crippen molar-refractivity contribution in [3.05, 3.63) is 64.7 Å². The number of benzene rings is 2. The minimum atomic E-state index is -0.981. The first-order valence-electron chi connectivity index (χ1n) is 5.58. The lowest BCUT2D eigenvalue weighted by Crippen LogP contribution is -2.00. The second kappa shape index (κ2) is 6.03. The van der Waals surface area contributed by atoms with E-state index >= 15 is 0 Å². The molecule has 2 N–H and O–H groups in total. The van der Waals surface area contributed by atoms with Crippen LogP contribution in [-0.2, 0) is 22.3 Å². The Labute approximate surface area is 114 Å². The summed E-state index contributed by atoms with van der Waals surface area (Å²) in [5.74, 6) is 0.963. The van der Waals surface area contributed by atoms with E-state index in [1.807, 2.05) is 30.3 Å². The highest BCUT2D eigenvalue weighted by Gasteiger charge is 2.07. The third-order valence-corrected chi connectivity index (χ3v) is 4.21. The Kier molecular flexibility index (Phi) is 4.39. The fraction of sp³-hybridized carbons (Fsp3) is 0.143. The molecule has 0 fully saturated rings. The third-order valence-electron chi connectivity index (χ3n) is 2.56. The molecule has 0 bridgehead atoms. The molecule has 0 aliphatic rings. The number of anilines is 1. The smallest absolute Gasteiger partial charge is 0.0504 e. The van der Waals surface area contributed by atoms with Crippen LogP contribution in [0.1, 0.15) is 11.1 Å². The maximum Gasteiger partial charge on any atom is 0.0504 e. The fourth-order valence-corrected chi connectivity index (χ4v) is 3.21. The monoisotopic (exact) mass is 279 g/mol. The van der Waals surface area contributed by atoms with E-state index in [2.05, 4.69) is 0 Å². The molecule has 0 aliphatic carbocycles. The van der Waals surface area contributed by atoms with E-state index in [0.29, 0.717) is 22.2 Å². The molecule has 0 saturated heterocycles. The van der Waals surface area contributed by atoms with Gasteiger partial charge in [0.05, 0.1) is 5.75 Å². The second-order valence-electron chi connectivity index (χ2n) is 4.06. The van der Waals surface area contributed by atoms with Gasteiger partial charge in [-0.25, -0.2) is 0 Å². The minimum Gasteiger partial charge on any atom is -0.399 e. The fourth-order valence-electron chi connectivity index (χ4n) is 1.69. The Morgan fingerprint density at radius 2 is 1.78 bits per heavy atom. The summed E-state index contributed by atoms with van der Waals surface area (Å²) in [7, 11) is -0.981. The molecule has 0 saturated carbocycles. The molecule has 4 heteroatoms. The average Bonchev–Trinajstić information content (AvgIpc) is 2.35. The van der Waals surface area contributed by atoms with Gasteiger partial charge in [0.1, 0.15) is 0 Å². The van der Waals surface area contributed by atoms with Crippen molar-refractivity contribution >= 4 is 28.1 Å². The van der Waals surface area contributed by atoms with Crippen LogP contribution in [0.5, 0.6) is 0 Å². The van der Waals surface area contributed by atoms with Crippen molar-refractivity contribution in [3.63, 3.8) is 0 Å². The molecule has 1 atom stereocenters. The Morgan fingerprint density at radius 1 is 1.06 bits per heavy atom. The van der Waals surface area contributed by atoms with E-state index in [0.717, 1.165) is 11.1 Å². The van der Waals surface area contributed by atoms with E-state index in [9.17, 15) is 4.21 Å². The Morgan fingerprint density at radius 3 is 2.50 bits per heavy atom. The SMILES string of the molecule is Nc1ccc(Cl)c(CS(=O)Cc2ccccc2)c1. The molecule has 1 unspecified atom stereocenters. The van der Waals surface area contributed by atoms with Crippen LogP contribution in [0.4, 0.5) is 5.69 Å². The van der Waals surface area contributed by atoms with Crippen LogP contribution in [0.25, 0.3) is 0 Å². The highest BCUT2D eigenvalue weighted by atomic mass is 35.5. The highest BCUT2D eigenvalue weighted by Crippen LogP contribution is 2.21. The van der Waals surface area contributed by atoms with Crippen LogP contribution in [0.2, 0.25) is 5.02 Å². The molecule has 0 aliphatic heterocycles. The number of nitrogen functional groups attached to an aromatic ring is 1. The van der Waals surface area contributed by atoms with Crippen LogP contribution in [-0.4, -0.2) is 4.21 Å². The van der Waals surface area contributed by atoms with Crippen LogP contribution >= 0.6 is 11.6 Å². The van der Waals surface area contributed by atoms with Crippen molar-refractivity contribution in [1.82, 2.24) is 0 Å². The number of hydrogen-bond acceptors (Lipinski definition) is 2. The van der Waals surface area contributed by atoms with Gasteiger partial charge < -0.3 is 5.73 Å².